The summed E-state index contributed by atoms with van der Waals surface area (Å²) in [4.78, 5) is 39.1. The van der Waals surface area contributed by atoms with Crippen molar-refractivity contribution in [1.29, 1.82) is 0 Å². The van der Waals surface area contributed by atoms with Crippen molar-refractivity contribution in [3.8, 4) is 0 Å². The highest BCUT2D eigenvalue weighted by Crippen LogP contribution is 2.38. The normalized spacial score (nSPS) is 22.1. The molecule has 2 heterocycles. The van der Waals surface area contributed by atoms with E-state index in [1.165, 1.54) is 23.1 Å². The Hall–Kier alpha value is -2.52. The quantitative estimate of drug-likeness (QED) is 0.627. The van der Waals surface area contributed by atoms with Crippen molar-refractivity contribution in [2.24, 2.45) is 0 Å². The van der Waals surface area contributed by atoms with Crippen LogP contribution in [-0.4, -0.2) is 69.7 Å². The van der Waals surface area contributed by atoms with E-state index in [0.29, 0.717) is 31.5 Å². The number of aliphatic carboxylic acids is 1. The van der Waals surface area contributed by atoms with Crippen LogP contribution in [-0.2, 0) is 9.53 Å². The Morgan fingerprint density at radius 2 is 2.04 bits per heavy atom. The van der Waals surface area contributed by atoms with Gasteiger partial charge in [0.25, 0.3) is 11.6 Å². The number of nitrogens with zero attached hydrogens (tertiary/aromatic N) is 3. The van der Waals surface area contributed by atoms with Gasteiger partial charge in [-0.2, -0.15) is 0 Å². The van der Waals surface area contributed by atoms with Gasteiger partial charge in [-0.15, -0.1) is 0 Å². The smallest absolute Gasteiger partial charge is 0.328 e. The zero-order chi connectivity index (χ0) is 19.8. The number of carbonyl (C=O) groups excluding carboxylic acids is 1. The van der Waals surface area contributed by atoms with E-state index in [1.807, 2.05) is 6.92 Å². The highest BCUT2D eigenvalue weighted by molar-refractivity contribution is 5.98. The lowest BCUT2D eigenvalue weighted by molar-refractivity contribution is -0.385. The number of ether oxygens (including phenoxy) is 1. The molecule has 0 saturated carbocycles. The Morgan fingerprint density at radius 3 is 2.59 bits per heavy atom. The maximum atomic E-state index is 13.2. The van der Waals surface area contributed by atoms with E-state index < -0.39 is 28.6 Å². The van der Waals surface area contributed by atoms with Crippen molar-refractivity contribution in [2.75, 3.05) is 26.2 Å². The monoisotopic (exact) mass is 377 g/mol. The van der Waals surface area contributed by atoms with E-state index in [4.69, 9.17) is 4.74 Å². The van der Waals surface area contributed by atoms with E-state index in [9.17, 15) is 24.8 Å². The van der Waals surface area contributed by atoms with Crippen molar-refractivity contribution < 1.29 is 24.4 Å². The molecule has 0 radical (unpaired) electrons. The highest BCUT2D eigenvalue weighted by Gasteiger charge is 2.54. The molecule has 2 fully saturated rings. The summed E-state index contributed by atoms with van der Waals surface area (Å²) in [5.41, 5.74) is -0.607. The van der Waals surface area contributed by atoms with E-state index in [0.717, 1.165) is 6.54 Å². The second-order valence-electron chi connectivity index (χ2n) is 6.98. The largest absolute Gasteiger partial charge is 0.480 e. The number of nitro benzene ring substituents is 1. The first-order valence-corrected chi connectivity index (χ1v) is 8.97. The average molecular weight is 377 g/mol. The van der Waals surface area contributed by atoms with Crippen molar-refractivity contribution in [3.05, 3.63) is 39.4 Å². The van der Waals surface area contributed by atoms with E-state index in [-0.39, 0.29) is 17.9 Å². The lowest BCUT2D eigenvalue weighted by Gasteiger charge is -2.44. The third-order valence-electron chi connectivity index (χ3n) is 5.50. The summed E-state index contributed by atoms with van der Waals surface area (Å²) in [6.07, 6.45) is 1.01. The van der Waals surface area contributed by atoms with Crippen LogP contribution < -0.4 is 0 Å². The van der Waals surface area contributed by atoms with Crippen molar-refractivity contribution in [1.82, 2.24) is 9.80 Å². The SMILES string of the molecule is CCN1CCC2(CC1)OC[C@@H](C(=O)O)N2C(=O)c1ccc(C)c([N+](=O)[O-])c1. The molecule has 2 aliphatic heterocycles. The predicted octanol–water partition coefficient (Wildman–Crippen LogP) is 1.64. The standard InChI is InChI=1S/C18H23N3O6/c1-3-19-8-6-18(7-9-19)20(15(11-27-18)17(23)24)16(22)13-5-4-12(2)14(10-13)21(25)26/h4-5,10,15H,3,6-9,11H2,1-2H3,(H,23,24)/t15-/m0/s1. The lowest BCUT2D eigenvalue weighted by atomic mass is 9.96. The number of benzene rings is 1. The minimum absolute atomic E-state index is 0.0822. The number of hydrogen-bond acceptors (Lipinski definition) is 6. The maximum Gasteiger partial charge on any atom is 0.328 e. The second-order valence-corrected chi connectivity index (χ2v) is 6.98. The van der Waals surface area contributed by atoms with Gasteiger partial charge in [0.1, 0.15) is 5.72 Å². The summed E-state index contributed by atoms with van der Waals surface area (Å²) >= 11 is 0. The molecule has 2 aliphatic rings. The number of likely N-dealkylation sites (tertiary alicyclic amines) is 1. The summed E-state index contributed by atoms with van der Waals surface area (Å²) in [5.74, 6) is -1.69. The molecule has 0 bridgehead atoms. The summed E-state index contributed by atoms with van der Waals surface area (Å²) in [6, 6.07) is 3.11. The van der Waals surface area contributed by atoms with Gasteiger partial charge in [-0.25, -0.2) is 4.79 Å². The fraction of sp³-hybridized carbons (Fsp3) is 0.556. The molecule has 1 aromatic rings. The van der Waals surface area contributed by atoms with Crippen LogP contribution in [0.5, 0.6) is 0 Å². The zero-order valence-corrected chi connectivity index (χ0v) is 15.4. The van der Waals surface area contributed by atoms with Crippen LogP contribution >= 0.6 is 0 Å². The molecule has 1 aromatic carbocycles. The van der Waals surface area contributed by atoms with Crippen LogP contribution in [0.15, 0.2) is 18.2 Å². The Kier molecular flexibility index (Phi) is 5.16. The Balaban J connectivity index is 1.97. The third kappa shape index (κ3) is 3.40. The second kappa shape index (κ2) is 7.24. The summed E-state index contributed by atoms with van der Waals surface area (Å²) in [6.45, 7) is 5.81. The molecule has 3 rings (SSSR count). The predicted molar refractivity (Wildman–Crippen MR) is 95.5 cm³/mol. The van der Waals surface area contributed by atoms with Gasteiger partial charge < -0.3 is 14.7 Å². The van der Waals surface area contributed by atoms with Gasteiger partial charge in [-0.05, 0) is 19.5 Å². The van der Waals surface area contributed by atoms with Crippen LogP contribution in [0.3, 0.4) is 0 Å². The molecule has 0 aliphatic carbocycles. The fourth-order valence-corrected chi connectivity index (χ4v) is 3.85. The van der Waals surface area contributed by atoms with Gasteiger partial charge in [0.2, 0.25) is 0 Å². The number of aryl methyl sites for hydroxylation is 1. The first-order valence-electron chi connectivity index (χ1n) is 8.97. The molecular formula is C18H23N3O6. The number of hydrogen-bond donors (Lipinski definition) is 1. The molecule has 27 heavy (non-hydrogen) atoms. The summed E-state index contributed by atoms with van der Waals surface area (Å²) < 4.78 is 5.87. The van der Waals surface area contributed by atoms with Crippen molar-refractivity contribution >= 4 is 17.6 Å². The molecular weight excluding hydrogens is 354 g/mol. The minimum atomic E-state index is -1.14. The summed E-state index contributed by atoms with van der Waals surface area (Å²) in [5, 5.41) is 20.8. The summed E-state index contributed by atoms with van der Waals surface area (Å²) in [7, 11) is 0. The molecule has 9 heteroatoms. The number of amides is 1. The van der Waals surface area contributed by atoms with E-state index in [1.54, 1.807) is 6.92 Å². The van der Waals surface area contributed by atoms with Crippen LogP contribution in [0.2, 0.25) is 0 Å². The first-order chi connectivity index (χ1) is 12.8. The maximum absolute atomic E-state index is 13.2. The number of piperidine rings is 1. The van der Waals surface area contributed by atoms with Crippen molar-refractivity contribution in [2.45, 2.75) is 38.5 Å². The molecule has 1 N–H and O–H groups in total. The van der Waals surface area contributed by atoms with Crippen LogP contribution in [0.25, 0.3) is 0 Å². The third-order valence-corrected chi connectivity index (χ3v) is 5.50. The number of carbonyl (C=O) groups is 2. The van der Waals surface area contributed by atoms with E-state index >= 15 is 0 Å². The van der Waals surface area contributed by atoms with Crippen LogP contribution in [0.4, 0.5) is 5.69 Å². The molecule has 146 valence electrons. The van der Waals surface area contributed by atoms with Crippen LogP contribution in [0.1, 0.15) is 35.7 Å². The minimum Gasteiger partial charge on any atom is -0.480 e. The number of rotatable bonds is 4. The molecule has 1 atom stereocenters. The Bertz CT molecular complexity index is 772. The van der Waals surface area contributed by atoms with Gasteiger partial charge >= 0.3 is 5.97 Å². The molecule has 2 saturated heterocycles. The number of nitro groups is 1. The van der Waals surface area contributed by atoms with E-state index in [2.05, 4.69) is 4.90 Å². The van der Waals surface area contributed by atoms with Crippen LogP contribution in [0, 0.1) is 17.0 Å². The molecule has 1 spiro atoms. The fourth-order valence-electron chi connectivity index (χ4n) is 3.85. The zero-order valence-electron chi connectivity index (χ0n) is 15.4. The first kappa shape index (κ1) is 19.2. The lowest BCUT2D eigenvalue weighted by Crippen LogP contribution is -2.58. The Labute approximate surface area is 156 Å². The van der Waals surface area contributed by atoms with Gasteiger partial charge in [0, 0.05) is 43.1 Å². The van der Waals surface area contributed by atoms with Gasteiger partial charge in [-0.3, -0.25) is 19.8 Å². The molecule has 1 amide bonds. The number of carboxylic acids is 1. The molecule has 9 nitrogen and oxygen atoms in total. The van der Waals surface area contributed by atoms with Gasteiger partial charge in [0.15, 0.2) is 6.04 Å². The van der Waals surface area contributed by atoms with Gasteiger partial charge in [-0.1, -0.05) is 13.0 Å². The Morgan fingerprint density at radius 1 is 1.37 bits per heavy atom. The highest BCUT2D eigenvalue weighted by atomic mass is 16.6. The molecule has 0 aromatic heterocycles. The molecule has 0 unspecified atom stereocenters. The topological polar surface area (TPSA) is 113 Å². The van der Waals surface area contributed by atoms with Gasteiger partial charge in [0.05, 0.1) is 11.5 Å². The average Bonchev–Trinajstić information content (AvgIpc) is 3.01. The van der Waals surface area contributed by atoms with Crippen molar-refractivity contribution in [3.63, 3.8) is 0 Å². The number of carboxylic acid groups (broad SMARTS) is 1.